The SMILES string of the molecule is C[C@@H](N)COCCC(=O)N1CCN2c3ncc(C(F)(F)F)cc3OCC2C1. The van der Waals surface area contributed by atoms with Crippen molar-refractivity contribution in [3.05, 3.63) is 17.8 Å². The fourth-order valence-electron chi connectivity index (χ4n) is 3.19. The van der Waals surface area contributed by atoms with Gasteiger partial charge in [0.25, 0.3) is 0 Å². The van der Waals surface area contributed by atoms with E-state index in [-0.39, 0.29) is 36.8 Å². The third-order valence-electron chi connectivity index (χ3n) is 4.54. The summed E-state index contributed by atoms with van der Waals surface area (Å²) in [5.74, 6) is 0.502. The van der Waals surface area contributed by atoms with Crippen LogP contribution < -0.4 is 15.4 Å². The second-order valence-corrected chi connectivity index (χ2v) is 6.84. The zero-order valence-corrected chi connectivity index (χ0v) is 15.0. The van der Waals surface area contributed by atoms with Crippen LogP contribution in [0, 0.1) is 0 Å². The van der Waals surface area contributed by atoms with E-state index in [9.17, 15) is 18.0 Å². The molecule has 2 atom stereocenters. The Kier molecular flexibility index (Phi) is 5.75. The third kappa shape index (κ3) is 4.62. The molecular weight excluding hydrogens is 365 g/mol. The number of carbonyl (C=O) groups is 1. The number of rotatable bonds is 5. The molecule has 1 fully saturated rings. The monoisotopic (exact) mass is 388 g/mol. The van der Waals surface area contributed by atoms with E-state index in [1.54, 1.807) is 4.90 Å². The summed E-state index contributed by atoms with van der Waals surface area (Å²) in [6.45, 7) is 4.16. The van der Waals surface area contributed by atoms with Crippen LogP contribution in [-0.4, -0.2) is 67.3 Å². The second-order valence-electron chi connectivity index (χ2n) is 6.84. The largest absolute Gasteiger partial charge is 0.487 e. The fraction of sp³-hybridized carbons (Fsp3) is 0.647. The molecule has 0 saturated carbocycles. The lowest BCUT2D eigenvalue weighted by Crippen LogP contribution is -2.58. The molecule has 3 rings (SSSR count). The van der Waals surface area contributed by atoms with Crippen LogP contribution in [0.2, 0.25) is 0 Å². The molecule has 1 aromatic rings. The Balaban J connectivity index is 1.59. The van der Waals surface area contributed by atoms with E-state index in [0.717, 1.165) is 12.3 Å². The Bertz CT molecular complexity index is 684. The number of carbonyl (C=O) groups excluding carboxylic acids is 1. The number of amides is 1. The first-order valence-corrected chi connectivity index (χ1v) is 8.83. The van der Waals surface area contributed by atoms with Gasteiger partial charge >= 0.3 is 6.18 Å². The van der Waals surface area contributed by atoms with Crippen molar-refractivity contribution < 1.29 is 27.4 Å². The standard InChI is InChI=1S/C17H23F3N4O3/c1-11(21)9-26-5-2-15(25)23-3-4-24-13(8-23)10-27-14-6-12(17(18,19)20)7-22-16(14)24/h6-7,11,13H,2-5,8-10,21H2,1H3/t11-,13?/m1/s1. The van der Waals surface area contributed by atoms with Crippen molar-refractivity contribution >= 4 is 11.7 Å². The Labute approximate surface area is 155 Å². The van der Waals surface area contributed by atoms with Gasteiger partial charge in [-0.15, -0.1) is 0 Å². The minimum absolute atomic E-state index is 0.0227. The zero-order valence-electron chi connectivity index (χ0n) is 15.0. The lowest BCUT2D eigenvalue weighted by molar-refractivity contribution is -0.138. The normalized spacial score (nSPS) is 20.6. The van der Waals surface area contributed by atoms with E-state index < -0.39 is 11.7 Å². The van der Waals surface area contributed by atoms with Crippen LogP contribution in [0.3, 0.4) is 0 Å². The zero-order chi connectivity index (χ0) is 19.6. The molecule has 2 aliphatic heterocycles. The number of piperazine rings is 1. The molecule has 2 aliphatic rings. The summed E-state index contributed by atoms with van der Waals surface area (Å²) in [5, 5.41) is 0. The first-order valence-electron chi connectivity index (χ1n) is 8.83. The summed E-state index contributed by atoms with van der Waals surface area (Å²) in [7, 11) is 0. The van der Waals surface area contributed by atoms with Gasteiger partial charge in [0.15, 0.2) is 11.6 Å². The van der Waals surface area contributed by atoms with Crippen LogP contribution in [0.5, 0.6) is 5.75 Å². The van der Waals surface area contributed by atoms with E-state index in [4.69, 9.17) is 15.2 Å². The fourth-order valence-corrected chi connectivity index (χ4v) is 3.19. The molecule has 1 saturated heterocycles. The van der Waals surface area contributed by atoms with Crippen LogP contribution in [0.25, 0.3) is 0 Å². The molecule has 1 aromatic heterocycles. The summed E-state index contributed by atoms with van der Waals surface area (Å²) in [4.78, 5) is 19.9. The molecule has 3 heterocycles. The number of hydrogen-bond acceptors (Lipinski definition) is 6. The summed E-state index contributed by atoms with van der Waals surface area (Å²) in [6.07, 6.45) is -3.38. The van der Waals surface area contributed by atoms with Crippen molar-refractivity contribution in [2.75, 3.05) is 44.4 Å². The molecule has 0 aromatic carbocycles. The van der Waals surface area contributed by atoms with Crippen molar-refractivity contribution in [1.82, 2.24) is 9.88 Å². The average molecular weight is 388 g/mol. The van der Waals surface area contributed by atoms with E-state index >= 15 is 0 Å². The van der Waals surface area contributed by atoms with Gasteiger partial charge in [0.05, 0.1) is 31.2 Å². The number of hydrogen-bond donors (Lipinski definition) is 1. The Hall–Kier alpha value is -2.07. The van der Waals surface area contributed by atoms with Gasteiger partial charge in [-0.25, -0.2) is 4.98 Å². The molecule has 1 unspecified atom stereocenters. The number of alkyl halides is 3. The van der Waals surface area contributed by atoms with Gasteiger partial charge < -0.3 is 25.0 Å². The minimum Gasteiger partial charge on any atom is -0.487 e. The average Bonchev–Trinajstić information content (AvgIpc) is 2.63. The Morgan fingerprint density at radius 2 is 2.26 bits per heavy atom. The number of aromatic nitrogens is 1. The predicted octanol–water partition coefficient (Wildman–Crippen LogP) is 1.26. The quantitative estimate of drug-likeness (QED) is 0.765. The van der Waals surface area contributed by atoms with Gasteiger partial charge in [-0.2, -0.15) is 13.2 Å². The first kappa shape index (κ1) is 19.7. The summed E-state index contributed by atoms with van der Waals surface area (Å²) in [6, 6.07) is 0.768. The lowest BCUT2D eigenvalue weighted by Gasteiger charge is -2.44. The maximum Gasteiger partial charge on any atom is 0.418 e. The Morgan fingerprint density at radius 1 is 1.48 bits per heavy atom. The topological polar surface area (TPSA) is 80.9 Å². The van der Waals surface area contributed by atoms with E-state index in [0.29, 0.717) is 38.7 Å². The van der Waals surface area contributed by atoms with Crippen LogP contribution in [0.4, 0.5) is 19.0 Å². The van der Waals surface area contributed by atoms with Crippen molar-refractivity contribution in [3.8, 4) is 5.75 Å². The molecule has 10 heteroatoms. The van der Waals surface area contributed by atoms with Crippen LogP contribution in [0.1, 0.15) is 18.9 Å². The number of nitrogens with two attached hydrogens (primary N) is 1. The van der Waals surface area contributed by atoms with Gasteiger partial charge in [-0.1, -0.05) is 0 Å². The highest BCUT2D eigenvalue weighted by atomic mass is 19.4. The van der Waals surface area contributed by atoms with Gasteiger partial charge in [0.2, 0.25) is 5.91 Å². The van der Waals surface area contributed by atoms with Crippen LogP contribution in [0.15, 0.2) is 12.3 Å². The predicted molar refractivity (Wildman–Crippen MR) is 91.5 cm³/mol. The molecule has 150 valence electrons. The number of ether oxygens (including phenoxy) is 2. The molecule has 0 spiro atoms. The molecule has 2 N–H and O–H groups in total. The highest BCUT2D eigenvalue weighted by Gasteiger charge is 2.38. The van der Waals surface area contributed by atoms with Crippen molar-refractivity contribution in [2.45, 2.75) is 31.6 Å². The van der Waals surface area contributed by atoms with Gasteiger partial charge in [-0.3, -0.25) is 4.79 Å². The number of fused-ring (bicyclic) bond motifs is 3. The third-order valence-corrected chi connectivity index (χ3v) is 4.54. The van der Waals surface area contributed by atoms with E-state index in [1.165, 1.54) is 0 Å². The molecule has 0 bridgehead atoms. The molecule has 27 heavy (non-hydrogen) atoms. The molecule has 1 amide bonds. The highest BCUT2D eigenvalue weighted by molar-refractivity contribution is 5.77. The second kappa shape index (κ2) is 7.89. The van der Waals surface area contributed by atoms with Gasteiger partial charge in [-0.05, 0) is 13.0 Å². The maximum absolute atomic E-state index is 12.8. The maximum atomic E-state index is 12.8. The number of nitrogens with zero attached hydrogens (tertiary/aromatic N) is 3. The minimum atomic E-state index is -4.46. The van der Waals surface area contributed by atoms with Crippen molar-refractivity contribution in [1.29, 1.82) is 0 Å². The Morgan fingerprint density at radius 3 is 2.96 bits per heavy atom. The smallest absolute Gasteiger partial charge is 0.418 e. The first-order chi connectivity index (χ1) is 12.8. The van der Waals surface area contributed by atoms with Crippen LogP contribution >= 0.6 is 0 Å². The van der Waals surface area contributed by atoms with Gasteiger partial charge in [0.1, 0.15) is 6.61 Å². The summed E-state index contributed by atoms with van der Waals surface area (Å²) in [5.41, 5.74) is 4.76. The lowest BCUT2D eigenvalue weighted by atomic mass is 10.1. The van der Waals surface area contributed by atoms with E-state index in [1.807, 2.05) is 11.8 Å². The molecular formula is C17H23F3N4O3. The number of anilines is 1. The van der Waals surface area contributed by atoms with Crippen LogP contribution in [-0.2, 0) is 15.7 Å². The molecule has 7 nitrogen and oxygen atoms in total. The van der Waals surface area contributed by atoms with E-state index in [2.05, 4.69) is 4.98 Å². The summed E-state index contributed by atoms with van der Waals surface area (Å²) >= 11 is 0. The number of pyridine rings is 1. The molecule has 0 radical (unpaired) electrons. The molecule has 0 aliphatic carbocycles. The highest BCUT2D eigenvalue weighted by Crippen LogP contribution is 2.38. The van der Waals surface area contributed by atoms with Crippen molar-refractivity contribution in [3.63, 3.8) is 0 Å². The number of halogens is 3. The summed E-state index contributed by atoms with van der Waals surface area (Å²) < 4.78 is 49.3. The van der Waals surface area contributed by atoms with Crippen molar-refractivity contribution in [2.24, 2.45) is 5.73 Å². The van der Waals surface area contributed by atoms with Gasteiger partial charge in [0, 0.05) is 31.9 Å².